The number of H-pyrrole nitrogens is 1. The van der Waals surface area contributed by atoms with E-state index in [-0.39, 0.29) is 11.6 Å². The summed E-state index contributed by atoms with van der Waals surface area (Å²) in [6.45, 7) is 0.322. The summed E-state index contributed by atoms with van der Waals surface area (Å²) in [6.07, 6.45) is 0. The number of halogens is 1. The first kappa shape index (κ1) is 13.1. The van der Waals surface area contributed by atoms with Gasteiger partial charge in [-0.2, -0.15) is 0 Å². The zero-order valence-corrected chi connectivity index (χ0v) is 11.0. The highest BCUT2D eigenvalue weighted by Crippen LogP contribution is 2.20. The highest BCUT2D eigenvalue weighted by molar-refractivity contribution is 5.93. The lowest BCUT2D eigenvalue weighted by atomic mass is 10.2. The van der Waals surface area contributed by atoms with Gasteiger partial charge in [0, 0.05) is 6.07 Å². The van der Waals surface area contributed by atoms with E-state index in [1.807, 2.05) is 0 Å². The van der Waals surface area contributed by atoms with Gasteiger partial charge in [0.1, 0.15) is 18.2 Å². The van der Waals surface area contributed by atoms with E-state index in [4.69, 9.17) is 10.5 Å². The summed E-state index contributed by atoms with van der Waals surface area (Å²) in [5, 5.41) is 0. The van der Waals surface area contributed by atoms with E-state index in [9.17, 15) is 9.18 Å². The van der Waals surface area contributed by atoms with Crippen molar-refractivity contribution in [3.8, 4) is 5.75 Å². The minimum atomic E-state index is -0.611. The molecule has 0 aliphatic rings. The number of fused-ring (bicyclic) bond motifs is 1. The van der Waals surface area contributed by atoms with Crippen molar-refractivity contribution in [1.82, 2.24) is 9.97 Å². The molecule has 0 bridgehead atoms. The molecule has 0 spiro atoms. The fourth-order valence-electron chi connectivity index (χ4n) is 1.94. The summed E-state index contributed by atoms with van der Waals surface area (Å²) in [7, 11) is 0. The van der Waals surface area contributed by atoms with Gasteiger partial charge in [0.05, 0.1) is 11.0 Å². The maximum Gasteiger partial charge on any atom is 0.284 e. The molecular formula is C15H12FN3O2. The van der Waals surface area contributed by atoms with E-state index in [1.54, 1.807) is 30.3 Å². The van der Waals surface area contributed by atoms with Crippen molar-refractivity contribution >= 4 is 16.9 Å². The van der Waals surface area contributed by atoms with Crippen molar-refractivity contribution in [1.29, 1.82) is 0 Å². The predicted molar refractivity (Wildman–Crippen MR) is 75.3 cm³/mol. The second-order valence-electron chi connectivity index (χ2n) is 4.54. The molecule has 3 N–H and O–H groups in total. The number of rotatable bonds is 4. The van der Waals surface area contributed by atoms with Crippen molar-refractivity contribution in [2.24, 2.45) is 5.73 Å². The third-order valence-corrected chi connectivity index (χ3v) is 3.01. The fraction of sp³-hybridized carbons (Fsp3) is 0.0667. The van der Waals surface area contributed by atoms with E-state index >= 15 is 0 Å². The Hall–Kier alpha value is -2.89. The Kier molecular flexibility index (Phi) is 3.27. The third kappa shape index (κ3) is 2.84. The van der Waals surface area contributed by atoms with Crippen molar-refractivity contribution in [2.45, 2.75) is 6.61 Å². The molecule has 5 nitrogen and oxygen atoms in total. The van der Waals surface area contributed by atoms with Gasteiger partial charge in [-0.3, -0.25) is 4.79 Å². The van der Waals surface area contributed by atoms with Crippen molar-refractivity contribution in [3.63, 3.8) is 0 Å². The zero-order chi connectivity index (χ0) is 14.8. The number of hydrogen-bond donors (Lipinski definition) is 2. The molecule has 3 aromatic rings. The highest BCUT2D eigenvalue weighted by atomic mass is 19.1. The standard InChI is InChI=1S/C15H12FN3O2/c16-10-3-1-9(2-4-10)8-21-11-5-6-12-13(7-11)19-15(18-12)14(17)20/h1-7H,8H2,(H2,17,20)(H,18,19). The summed E-state index contributed by atoms with van der Waals surface area (Å²) in [6, 6.07) is 11.3. The number of carbonyl (C=O) groups excluding carboxylic acids is 1. The Morgan fingerprint density at radius 2 is 2.00 bits per heavy atom. The predicted octanol–water partition coefficient (Wildman–Crippen LogP) is 2.38. The molecule has 0 aliphatic carbocycles. The molecule has 0 radical (unpaired) electrons. The minimum absolute atomic E-state index is 0.112. The van der Waals surface area contributed by atoms with Gasteiger partial charge in [0.2, 0.25) is 0 Å². The third-order valence-electron chi connectivity index (χ3n) is 3.01. The van der Waals surface area contributed by atoms with Gasteiger partial charge in [0.15, 0.2) is 5.82 Å². The fourth-order valence-corrected chi connectivity index (χ4v) is 1.94. The summed E-state index contributed by atoms with van der Waals surface area (Å²) >= 11 is 0. The number of ether oxygens (including phenoxy) is 1. The maximum absolute atomic E-state index is 12.8. The number of nitrogens with zero attached hydrogens (tertiary/aromatic N) is 1. The summed E-state index contributed by atoms with van der Waals surface area (Å²) in [5.41, 5.74) is 7.33. The van der Waals surface area contributed by atoms with Gasteiger partial charge >= 0.3 is 0 Å². The molecule has 1 heterocycles. The Morgan fingerprint density at radius 1 is 1.24 bits per heavy atom. The van der Waals surface area contributed by atoms with Crippen LogP contribution in [0.5, 0.6) is 5.75 Å². The lowest BCUT2D eigenvalue weighted by Gasteiger charge is -2.06. The Morgan fingerprint density at radius 3 is 2.71 bits per heavy atom. The SMILES string of the molecule is NC(=O)c1nc2ccc(OCc3ccc(F)cc3)cc2[nH]1. The van der Waals surface area contributed by atoms with Gasteiger partial charge in [-0.05, 0) is 29.8 Å². The lowest BCUT2D eigenvalue weighted by Crippen LogP contribution is -2.12. The Labute approximate surface area is 119 Å². The maximum atomic E-state index is 12.8. The van der Waals surface area contributed by atoms with Crippen LogP contribution in [0.15, 0.2) is 42.5 Å². The molecule has 0 atom stereocenters. The number of amides is 1. The van der Waals surface area contributed by atoms with Crippen LogP contribution in [0.3, 0.4) is 0 Å². The smallest absolute Gasteiger partial charge is 0.284 e. The van der Waals surface area contributed by atoms with Crippen molar-refractivity contribution in [3.05, 3.63) is 59.7 Å². The zero-order valence-electron chi connectivity index (χ0n) is 11.0. The highest BCUT2D eigenvalue weighted by Gasteiger charge is 2.08. The molecule has 106 valence electrons. The average Bonchev–Trinajstić information content (AvgIpc) is 2.90. The monoisotopic (exact) mass is 285 g/mol. The molecule has 0 saturated heterocycles. The van der Waals surface area contributed by atoms with E-state index in [2.05, 4.69) is 9.97 Å². The van der Waals surface area contributed by atoms with Crippen LogP contribution >= 0.6 is 0 Å². The molecular weight excluding hydrogens is 273 g/mol. The molecule has 0 unspecified atom stereocenters. The number of hydrogen-bond acceptors (Lipinski definition) is 3. The van der Waals surface area contributed by atoms with Crippen LogP contribution in [0, 0.1) is 5.82 Å². The summed E-state index contributed by atoms with van der Waals surface area (Å²) in [4.78, 5) is 17.9. The lowest BCUT2D eigenvalue weighted by molar-refractivity contribution is 0.0991. The van der Waals surface area contributed by atoms with Crippen molar-refractivity contribution in [2.75, 3.05) is 0 Å². The van der Waals surface area contributed by atoms with Crippen LogP contribution < -0.4 is 10.5 Å². The van der Waals surface area contributed by atoms with Crippen LogP contribution in [0.2, 0.25) is 0 Å². The molecule has 6 heteroatoms. The number of carbonyl (C=O) groups is 1. The number of primary amides is 1. The largest absolute Gasteiger partial charge is 0.489 e. The molecule has 0 saturated carbocycles. The van der Waals surface area contributed by atoms with Crippen LogP contribution in [-0.4, -0.2) is 15.9 Å². The van der Waals surface area contributed by atoms with E-state index in [0.29, 0.717) is 23.4 Å². The quantitative estimate of drug-likeness (QED) is 0.772. The summed E-state index contributed by atoms with van der Waals surface area (Å²) < 4.78 is 18.4. The van der Waals surface area contributed by atoms with E-state index in [0.717, 1.165) is 5.56 Å². The second kappa shape index (κ2) is 5.24. The van der Waals surface area contributed by atoms with Crippen LogP contribution in [0.25, 0.3) is 11.0 Å². The molecule has 1 amide bonds. The van der Waals surface area contributed by atoms with E-state index in [1.165, 1.54) is 12.1 Å². The second-order valence-corrected chi connectivity index (χ2v) is 4.54. The molecule has 0 fully saturated rings. The Bertz CT molecular complexity index is 796. The first-order valence-electron chi connectivity index (χ1n) is 6.28. The number of aromatic amines is 1. The molecule has 21 heavy (non-hydrogen) atoms. The van der Waals surface area contributed by atoms with E-state index < -0.39 is 5.91 Å². The topological polar surface area (TPSA) is 81.0 Å². The first-order chi connectivity index (χ1) is 10.1. The number of imidazole rings is 1. The minimum Gasteiger partial charge on any atom is -0.489 e. The number of aromatic nitrogens is 2. The normalized spacial score (nSPS) is 10.7. The number of nitrogens with one attached hydrogen (secondary N) is 1. The molecule has 3 rings (SSSR count). The molecule has 1 aromatic heterocycles. The van der Waals surface area contributed by atoms with Gasteiger partial charge < -0.3 is 15.5 Å². The van der Waals surface area contributed by atoms with Crippen LogP contribution in [-0.2, 0) is 6.61 Å². The van der Waals surface area contributed by atoms with Gasteiger partial charge in [-0.25, -0.2) is 9.37 Å². The number of benzene rings is 2. The summed E-state index contributed by atoms with van der Waals surface area (Å²) in [5.74, 6) is -0.163. The van der Waals surface area contributed by atoms with Crippen LogP contribution in [0.1, 0.15) is 16.2 Å². The number of nitrogens with two attached hydrogens (primary N) is 1. The van der Waals surface area contributed by atoms with Crippen LogP contribution in [0.4, 0.5) is 4.39 Å². The van der Waals surface area contributed by atoms with Gasteiger partial charge in [-0.15, -0.1) is 0 Å². The van der Waals surface area contributed by atoms with Gasteiger partial charge in [-0.1, -0.05) is 12.1 Å². The Balaban J connectivity index is 1.77. The molecule has 2 aromatic carbocycles. The first-order valence-corrected chi connectivity index (χ1v) is 6.28. The average molecular weight is 285 g/mol. The molecule has 0 aliphatic heterocycles. The van der Waals surface area contributed by atoms with Gasteiger partial charge in [0.25, 0.3) is 5.91 Å². The van der Waals surface area contributed by atoms with Crippen molar-refractivity contribution < 1.29 is 13.9 Å².